The Hall–Kier alpha value is -1.67. The fourth-order valence-electron chi connectivity index (χ4n) is 1.73. The minimum Gasteiger partial charge on any atom is -0.542 e. The van der Waals surface area contributed by atoms with Gasteiger partial charge in [-0.2, -0.15) is 0 Å². The van der Waals surface area contributed by atoms with Crippen LogP contribution < -0.4 is 4.74 Å². The van der Waals surface area contributed by atoms with Gasteiger partial charge in [-0.05, 0) is 58.3 Å². The molecule has 0 aliphatic rings. The molecule has 0 saturated heterocycles. The Morgan fingerprint density at radius 2 is 1.42 bits per heavy atom. The minimum atomic E-state index is -1.80. The molecule has 6 heteroatoms. The van der Waals surface area contributed by atoms with Crippen LogP contribution in [0.4, 0.5) is 0 Å². The van der Waals surface area contributed by atoms with Crippen molar-refractivity contribution in [2.45, 2.75) is 46.2 Å². The van der Waals surface area contributed by atoms with E-state index in [4.69, 9.17) is 18.3 Å². The summed E-state index contributed by atoms with van der Waals surface area (Å²) in [6, 6.07) is 7.87. The van der Waals surface area contributed by atoms with Gasteiger partial charge in [0, 0.05) is 0 Å². The topological polar surface area (TPSA) is 36.9 Å². The molecule has 4 nitrogen and oxygen atoms in total. The van der Waals surface area contributed by atoms with Crippen molar-refractivity contribution in [1.82, 2.24) is 0 Å². The first kappa shape index (κ1) is 20.4. The van der Waals surface area contributed by atoms with Crippen molar-refractivity contribution in [1.29, 1.82) is 0 Å². The average molecular weight is 367 g/mol. The van der Waals surface area contributed by atoms with Gasteiger partial charge >= 0.3 is 0 Å². The first-order chi connectivity index (χ1) is 11.0. The zero-order valence-corrected chi connectivity index (χ0v) is 18.1. The second kappa shape index (κ2) is 8.44. The molecule has 0 aliphatic carbocycles. The van der Waals surface area contributed by atoms with Gasteiger partial charge < -0.3 is 18.3 Å². The molecule has 0 aromatic heterocycles. The number of hydrogen-bond acceptors (Lipinski definition) is 4. The Kier molecular flexibility index (Phi) is 7.16. The van der Waals surface area contributed by atoms with Crippen molar-refractivity contribution >= 4 is 16.6 Å². The molecule has 0 radical (unpaired) electrons. The third-order valence-electron chi connectivity index (χ3n) is 2.62. The van der Waals surface area contributed by atoms with Gasteiger partial charge in [-0.1, -0.05) is 17.7 Å². The summed E-state index contributed by atoms with van der Waals surface area (Å²) >= 11 is 0. The van der Waals surface area contributed by atoms with Crippen LogP contribution >= 0.6 is 0 Å². The molecule has 0 aliphatic heterocycles. The minimum absolute atomic E-state index is 0.450. The van der Waals surface area contributed by atoms with Crippen LogP contribution in [0.1, 0.15) is 5.56 Å². The van der Waals surface area contributed by atoms with E-state index in [1.165, 1.54) is 5.56 Å². The summed E-state index contributed by atoms with van der Waals surface area (Å²) in [7, 11) is -1.97. The Bertz CT molecular complexity index is 579. The Balaban J connectivity index is 3.01. The van der Waals surface area contributed by atoms with Crippen LogP contribution in [-0.2, 0) is 13.6 Å². The molecule has 0 unspecified atom stereocenters. The molecular formula is C18H30O4Si2. The average Bonchev–Trinajstić information content (AvgIpc) is 2.42. The van der Waals surface area contributed by atoms with E-state index in [1.807, 2.05) is 31.2 Å². The molecule has 134 valence electrons. The fourth-order valence-corrected chi connectivity index (χ4v) is 3.29. The molecule has 0 N–H and O–H groups in total. The number of allylic oxidation sites excluding steroid dienone is 1. The van der Waals surface area contributed by atoms with E-state index < -0.39 is 16.6 Å². The van der Waals surface area contributed by atoms with Crippen molar-refractivity contribution in [3.63, 3.8) is 0 Å². The Morgan fingerprint density at radius 1 is 0.875 bits per heavy atom. The van der Waals surface area contributed by atoms with E-state index in [-0.39, 0.29) is 0 Å². The Labute approximate surface area is 148 Å². The van der Waals surface area contributed by atoms with Crippen LogP contribution in [0.3, 0.4) is 0 Å². The lowest BCUT2D eigenvalue weighted by atomic mass is 10.2. The second-order valence-electron chi connectivity index (χ2n) is 7.55. The van der Waals surface area contributed by atoms with E-state index in [1.54, 1.807) is 19.4 Å². The molecule has 0 atom stereocenters. The molecule has 0 heterocycles. The number of hydrogen-bond donors (Lipinski definition) is 0. The number of ether oxygens (including phenoxy) is 2. The molecular weight excluding hydrogens is 336 g/mol. The predicted octanol–water partition coefficient (Wildman–Crippen LogP) is 5.41. The number of benzene rings is 1. The third-order valence-corrected chi connectivity index (χ3v) is 4.29. The van der Waals surface area contributed by atoms with Gasteiger partial charge in [0.1, 0.15) is 17.8 Å². The lowest BCUT2D eigenvalue weighted by molar-refractivity contribution is 0.145. The zero-order valence-electron chi connectivity index (χ0n) is 16.1. The van der Waals surface area contributed by atoms with Crippen LogP contribution in [0.5, 0.6) is 5.75 Å². The van der Waals surface area contributed by atoms with Gasteiger partial charge in [-0.15, -0.1) is 0 Å². The maximum atomic E-state index is 6.08. The molecule has 0 amide bonds. The smallest absolute Gasteiger partial charge is 0.268 e. The summed E-state index contributed by atoms with van der Waals surface area (Å²) in [5.41, 5.74) is 1.19. The molecule has 0 bridgehead atoms. The first-order valence-electron chi connectivity index (χ1n) is 8.06. The fraction of sp³-hybridized carbons (Fsp3) is 0.444. The van der Waals surface area contributed by atoms with E-state index in [2.05, 4.69) is 39.3 Å². The van der Waals surface area contributed by atoms with Gasteiger partial charge in [0.05, 0.1) is 13.2 Å². The van der Waals surface area contributed by atoms with Crippen LogP contribution in [-0.4, -0.2) is 23.7 Å². The highest BCUT2D eigenvalue weighted by atomic mass is 28.4. The Morgan fingerprint density at radius 3 is 1.88 bits per heavy atom. The standard InChI is InChI=1S/C18H30O4Si2/c1-15-9-11-16(12-10-15)20-14-17(21-23(3,4)5)13-18(19-2)22-24(6,7)8/h9-14H,1-8H3/b17-14-,18-13+. The summed E-state index contributed by atoms with van der Waals surface area (Å²) in [5, 5.41) is 0. The van der Waals surface area contributed by atoms with Gasteiger partial charge in [0.25, 0.3) is 5.95 Å². The zero-order chi connectivity index (χ0) is 18.4. The van der Waals surface area contributed by atoms with Crippen molar-refractivity contribution < 1.29 is 18.3 Å². The van der Waals surface area contributed by atoms with Crippen LogP contribution in [0.15, 0.2) is 48.3 Å². The number of methoxy groups -OCH3 is 1. The second-order valence-corrected chi connectivity index (χ2v) is 16.4. The highest BCUT2D eigenvalue weighted by Gasteiger charge is 2.21. The van der Waals surface area contributed by atoms with Crippen LogP contribution in [0.25, 0.3) is 0 Å². The molecule has 0 fully saturated rings. The molecule has 24 heavy (non-hydrogen) atoms. The largest absolute Gasteiger partial charge is 0.542 e. The normalized spacial score (nSPS) is 13.5. The summed E-state index contributed by atoms with van der Waals surface area (Å²) in [5.74, 6) is 1.81. The van der Waals surface area contributed by atoms with E-state index in [0.717, 1.165) is 5.75 Å². The molecule has 0 saturated carbocycles. The van der Waals surface area contributed by atoms with Crippen LogP contribution in [0, 0.1) is 6.92 Å². The molecule has 1 rings (SSSR count). The highest BCUT2D eigenvalue weighted by molar-refractivity contribution is 6.70. The number of rotatable bonds is 8. The molecule has 1 aromatic carbocycles. The van der Waals surface area contributed by atoms with E-state index in [0.29, 0.717) is 11.7 Å². The molecule has 1 aromatic rings. The maximum Gasteiger partial charge on any atom is 0.268 e. The van der Waals surface area contributed by atoms with Crippen molar-refractivity contribution in [2.24, 2.45) is 0 Å². The highest BCUT2D eigenvalue weighted by Crippen LogP contribution is 2.19. The van der Waals surface area contributed by atoms with Gasteiger partial charge in [0.2, 0.25) is 16.6 Å². The van der Waals surface area contributed by atoms with E-state index in [9.17, 15) is 0 Å². The summed E-state index contributed by atoms with van der Waals surface area (Å²) in [4.78, 5) is 0. The quantitative estimate of drug-likeness (QED) is 0.350. The first-order valence-corrected chi connectivity index (χ1v) is 14.9. The third kappa shape index (κ3) is 8.83. The van der Waals surface area contributed by atoms with Crippen molar-refractivity contribution in [3.8, 4) is 5.75 Å². The maximum absolute atomic E-state index is 6.08. The summed E-state index contributed by atoms with van der Waals surface area (Å²) in [6.07, 6.45) is 3.36. The van der Waals surface area contributed by atoms with Crippen molar-refractivity contribution in [3.05, 3.63) is 53.9 Å². The van der Waals surface area contributed by atoms with Gasteiger partial charge in [-0.25, -0.2) is 0 Å². The SMILES string of the molecule is CO/C(=C\C(=C\Oc1ccc(C)cc1)O[Si](C)(C)C)O[Si](C)(C)C. The summed E-state index contributed by atoms with van der Waals surface area (Å²) < 4.78 is 23.1. The van der Waals surface area contributed by atoms with E-state index >= 15 is 0 Å². The van der Waals surface area contributed by atoms with Gasteiger partial charge in [0.15, 0.2) is 0 Å². The van der Waals surface area contributed by atoms with Crippen molar-refractivity contribution in [2.75, 3.05) is 7.11 Å². The van der Waals surface area contributed by atoms with Crippen LogP contribution in [0.2, 0.25) is 39.3 Å². The monoisotopic (exact) mass is 366 g/mol. The number of aryl methyl sites for hydroxylation is 1. The lowest BCUT2D eigenvalue weighted by Crippen LogP contribution is -2.27. The van der Waals surface area contributed by atoms with Gasteiger partial charge in [-0.3, -0.25) is 0 Å². The lowest BCUT2D eigenvalue weighted by Gasteiger charge is -2.23. The molecule has 0 spiro atoms. The summed E-state index contributed by atoms with van der Waals surface area (Å²) in [6.45, 7) is 14.7. The predicted molar refractivity (Wildman–Crippen MR) is 104 cm³/mol.